The lowest BCUT2D eigenvalue weighted by Crippen LogP contribution is -2.39. The average molecular weight is 455 g/mol. The largest absolute Gasteiger partial charge is 0.447 e. The summed E-state index contributed by atoms with van der Waals surface area (Å²) in [6.45, 7) is 1.41. The lowest BCUT2D eigenvalue weighted by molar-refractivity contribution is -0.140. The maximum absolute atomic E-state index is 13.7. The minimum Gasteiger partial charge on any atom is -0.447 e. The van der Waals surface area contributed by atoms with E-state index in [1.807, 2.05) is 0 Å². The van der Waals surface area contributed by atoms with Crippen molar-refractivity contribution in [2.75, 3.05) is 55.1 Å². The topological polar surface area (TPSA) is 140 Å². The number of aliphatic hydroxyl groups excluding tert-OH is 1. The molecule has 3 N–H and O–H groups in total. The molecule has 0 unspecified atom stereocenters. The van der Waals surface area contributed by atoms with Gasteiger partial charge in [-0.05, 0) is 6.42 Å². The summed E-state index contributed by atoms with van der Waals surface area (Å²) in [5, 5.41) is 9.32. The third kappa shape index (κ3) is 4.36. The highest BCUT2D eigenvalue weighted by Crippen LogP contribution is 2.37. The van der Waals surface area contributed by atoms with E-state index in [9.17, 15) is 23.1 Å². The molecule has 11 nitrogen and oxygen atoms in total. The molecule has 2 aromatic rings. The van der Waals surface area contributed by atoms with Gasteiger partial charge in [0, 0.05) is 37.5 Å². The highest BCUT2D eigenvalue weighted by Gasteiger charge is 2.39. The Bertz CT molecular complexity index is 1000. The molecule has 0 bridgehead atoms. The summed E-state index contributed by atoms with van der Waals surface area (Å²) in [4.78, 5) is 31.1. The van der Waals surface area contributed by atoms with Crippen molar-refractivity contribution >= 4 is 23.8 Å². The molecular weight excluding hydrogens is 435 g/mol. The Kier molecular flexibility index (Phi) is 5.97. The number of carbonyl (C=O) groups excluding carboxylic acids is 1. The highest BCUT2D eigenvalue weighted by molar-refractivity contribution is 5.90. The molecule has 4 rings (SSSR count). The summed E-state index contributed by atoms with van der Waals surface area (Å²) in [6.07, 6.45) is -4.39. The van der Waals surface area contributed by atoms with Gasteiger partial charge in [-0.15, -0.1) is 0 Å². The number of ether oxygens (including phenoxy) is 2. The molecule has 4 heterocycles. The van der Waals surface area contributed by atoms with Crippen molar-refractivity contribution in [1.82, 2.24) is 19.9 Å². The van der Waals surface area contributed by atoms with E-state index in [0.29, 0.717) is 26.3 Å². The van der Waals surface area contributed by atoms with Crippen molar-refractivity contribution in [3.05, 3.63) is 18.0 Å². The smallest absolute Gasteiger partial charge is 0.434 e. The molecule has 172 valence electrons. The quantitative estimate of drug-likeness (QED) is 0.673. The molecule has 2 aromatic heterocycles. The summed E-state index contributed by atoms with van der Waals surface area (Å²) < 4.78 is 51.4. The fourth-order valence-electron chi connectivity index (χ4n) is 3.49. The van der Waals surface area contributed by atoms with Crippen molar-refractivity contribution in [3.8, 4) is 11.3 Å². The first kappa shape index (κ1) is 22.0. The molecule has 14 heteroatoms. The highest BCUT2D eigenvalue weighted by atomic mass is 19.4. The van der Waals surface area contributed by atoms with Gasteiger partial charge < -0.3 is 25.2 Å². The predicted molar refractivity (Wildman–Crippen MR) is 105 cm³/mol. The number of hydrogen-bond acceptors (Lipinski definition) is 10. The van der Waals surface area contributed by atoms with Crippen molar-refractivity contribution < 1.29 is 32.5 Å². The number of nitrogens with two attached hydrogens (primary N) is 1. The first-order valence-corrected chi connectivity index (χ1v) is 9.76. The number of aliphatic hydroxyl groups is 1. The Morgan fingerprint density at radius 2 is 1.97 bits per heavy atom. The average Bonchev–Trinajstić information content (AvgIpc) is 3.13. The molecule has 0 aromatic carbocycles. The van der Waals surface area contributed by atoms with Crippen LogP contribution in [0.25, 0.3) is 11.3 Å². The Balaban J connectivity index is 1.86. The molecule has 0 aliphatic carbocycles. The van der Waals surface area contributed by atoms with Crippen LogP contribution in [0.2, 0.25) is 0 Å². The third-order valence-electron chi connectivity index (χ3n) is 5.02. The second-order valence-electron chi connectivity index (χ2n) is 7.11. The molecule has 2 aliphatic rings. The van der Waals surface area contributed by atoms with Crippen LogP contribution in [-0.2, 0) is 15.7 Å². The van der Waals surface area contributed by atoms with Crippen molar-refractivity contribution in [1.29, 1.82) is 0 Å². The molecule has 2 fully saturated rings. The van der Waals surface area contributed by atoms with Gasteiger partial charge in [0.15, 0.2) is 5.69 Å². The Morgan fingerprint density at radius 3 is 2.66 bits per heavy atom. The van der Waals surface area contributed by atoms with Crippen LogP contribution in [0.3, 0.4) is 0 Å². The monoisotopic (exact) mass is 455 g/mol. The number of alkyl halides is 3. The fraction of sp³-hybridized carbons (Fsp3) is 0.500. The summed E-state index contributed by atoms with van der Waals surface area (Å²) in [5.74, 6) is -0.370. The van der Waals surface area contributed by atoms with Gasteiger partial charge in [-0.1, -0.05) is 0 Å². The Labute approximate surface area is 180 Å². The predicted octanol–water partition coefficient (Wildman–Crippen LogP) is 1.08. The van der Waals surface area contributed by atoms with Gasteiger partial charge >= 0.3 is 12.3 Å². The second-order valence-corrected chi connectivity index (χ2v) is 7.11. The van der Waals surface area contributed by atoms with Gasteiger partial charge in [-0.25, -0.2) is 19.7 Å². The summed E-state index contributed by atoms with van der Waals surface area (Å²) in [7, 11) is 0. The number of hydrogen-bond donors (Lipinski definition) is 2. The number of aromatic nitrogens is 4. The number of halogens is 3. The van der Waals surface area contributed by atoms with Crippen LogP contribution in [0.1, 0.15) is 12.1 Å². The lowest BCUT2D eigenvalue weighted by atomic mass is 10.1. The molecule has 0 saturated carbocycles. The number of morpholine rings is 1. The maximum atomic E-state index is 13.7. The number of carbonyl (C=O) groups is 1. The van der Waals surface area contributed by atoms with E-state index in [0.717, 1.165) is 6.20 Å². The molecule has 0 radical (unpaired) electrons. The molecule has 32 heavy (non-hydrogen) atoms. The number of nitrogen functional groups attached to an aromatic ring is 1. The van der Waals surface area contributed by atoms with E-state index in [-0.39, 0.29) is 37.1 Å². The fourth-order valence-corrected chi connectivity index (χ4v) is 3.49. The number of nitrogens with zero attached hydrogens (tertiary/aromatic N) is 6. The van der Waals surface area contributed by atoms with E-state index >= 15 is 0 Å². The normalized spacial score (nSPS) is 19.4. The number of anilines is 3. The van der Waals surface area contributed by atoms with Crippen molar-refractivity contribution in [3.63, 3.8) is 0 Å². The maximum Gasteiger partial charge on any atom is 0.434 e. The van der Waals surface area contributed by atoms with Crippen molar-refractivity contribution in [2.24, 2.45) is 0 Å². The zero-order valence-corrected chi connectivity index (χ0v) is 16.7. The van der Waals surface area contributed by atoms with E-state index in [2.05, 4.69) is 19.9 Å². The Hall–Kier alpha value is -3.26. The van der Waals surface area contributed by atoms with Crippen molar-refractivity contribution in [2.45, 2.75) is 18.6 Å². The van der Waals surface area contributed by atoms with Gasteiger partial charge in [-0.3, -0.25) is 4.90 Å². The van der Waals surface area contributed by atoms with Gasteiger partial charge in [0.05, 0.1) is 24.9 Å². The zero-order valence-electron chi connectivity index (χ0n) is 16.7. The Morgan fingerprint density at radius 1 is 1.22 bits per heavy atom. The van der Waals surface area contributed by atoms with E-state index in [1.54, 1.807) is 4.90 Å². The second kappa shape index (κ2) is 8.70. The van der Waals surface area contributed by atoms with Gasteiger partial charge in [0.1, 0.15) is 12.4 Å². The van der Waals surface area contributed by atoms with Gasteiger partial charge in [0.25, 0.3) is 0 Å². The first-order valence-electron chi connectivity index (χ1n) is 9.76. The number of amides is 1. The number of cyclic esters (lactones) is 1. The van der Waals surface area contributed by atoms with Crippen LogP contribution < -0.4 is 15.5 Å². The lowest BCUT2D eigenvalue weighted by Gasteiger charge is -2.28. The number of rotatable bonds is 5. The molecule has 2 saturated heterocycles. The first-order chi connectivity index (χ1) is 15.3. The molecule has 1 atom stereocenters. The summed E-state index contributed by atoms with van der Waals surface area (Å²) in [5.41, 5.74) is 3.59. The van der Waals surface area contributed by atoms with Crippen LogP contribution in [0, 0.1) is 0 Å². The molecule has 0 spiro atoms. The van der Waals surface area contributed by atoms with Gasteiger partial charge in [-0.2, -0.15) is 18.2 Å². The van der Waals surface area contributed by atoms with Crippen LogP contribution in [-0.4, -0.2) is 76.7 Å². The van der Waals surface area contributed by atoms with Gasteiger partial charge in [0.2, 0.25) is 11.9 Å². The van der Waals surface area contributed by atoms with Crippen LogP contribution >= 0.6 is 0 Å². The summed E-state index contributed by atoms with van der Waals surface area (Å²) in [6, 6.07) is 0.711. The molecular formula is C18H20F3N7O4. The summed E-state index contributed by atoms with van der Waals surface area (Å²) >= 11 is 0. The minimum absolute atomic E-state index is 0.0183. The van der Waals surface area contributed by atoms with E-state index < -0.39 is 35.5 Å². The van der Waals surface area contributed by atoms with E-state index in [4.69, 9.17) is 15.2 Å². The molecule has 1 amide bonds. The third-order valence-corrected chi connectivity index (χ3v) is 5.02. The standard InChI is InChI=1S/C18H20F3N7O4/c19-18(20,21)14-11(8-23-15(22)26-14)12-7-13(28-10(1-4-29)9-32-17(28)30)25-16(24-12)27-2-5-31-6-3-27/h7-8,10,29H,1-6,9H2,(H2,22,23,26)/t10-/m0/s1. The molecule has 2 aliphatic heterocycles. The SMILES string of the molecule is Nc1ncc(-c2cc(N3C(=O)OC[C@@H]3CCO)nc(N3CCOCC3)n2)c(C(F)(F)F)n1. The minimum atomic E-state index is -4.82. The van der Waals surface area contributed by atoms with Crippen LogP contribution in [0.5, 0.6) is 0 Å². The van der Waals surface area contributed by atoms with E-state index in [1.165, 1.54) is 11.0 Å². The van der Waals surface area contributed by atoms with Crippen LogP contribution in [0.15, 0.2) is 12.3 Å². The van der Waals surface area contributed by atoms with Crippen LogP contribution in [0.4, 0.5) is 35.7 Å². The zero-order chi connectivity index (χ0) is 22.9.